The van der Waals surface area contributed by atoms with Crippen LogP contribution in [0.15, 0.2) is 49.3 Å². The van der Waals surface area contributed by atoms with Gasteiger partial charge in [-0.05, 0) is 24.3 Å². The predicted octanol–water partition coefficient (Wildman–Crippen LogP) is 1.16. The van der Waals surface area contributed by atoms with Crippen LogP contribution in [0.1, 0.15) is 10.4 Å². The Kier molecular flexibility index (Phi) is 4.26. The fourth-order valence-corrected chi connectivity index (χ4v) is 2.88. The Bertz CT molecular complexity index is 890. The van der Waals surface area contributed by atoms with Crippen molar-refractivity contribution in [1.82, 2.24) is 29.6 Å². The molecular formula is C17H16FN7O. The van der Waals surface area contributed by atoms with Crippen molar-refractivity contribution in [2.75, 3.05) is 31.1 Å². The largest absolute Gasteiger partial charge is 0.353 e. The van der Waals surface area contributed by atoms with Gasteiger partial charge < -0.3 is 9.80 Å². The van der Waals surface area contributed by atoms with Crippen LogP contribution in [0.25, 0.3) is 5.82 Å². The van der Waals surface area contributed by atoms with Gasteiger partial charge in [0.25, 0.3) is 5.91 Å². The van der Waals surface area contributed by atoms with E-state index in [9.17, 15) is 9.18 Å². The number of hydrogen-bond acceptors (Lipinski definition) is 6. The molecule has 0 saturated carbocycles. The van der Waals surface area contributed by atoms with Crippen LogP contribution in [0.3, 0.4) is 0 Å². The van der Waals surface area contributed by atoms with Crippen molar-refractivity contribution < 1.29 is 9.18 Å². The maximum Gasteiger partial charge on any atom is 0.253 e. The molecule has 8 nitrogen and oxygen atoms in total. The number of halogens is 1. The van der Waals surface area contributed by atoms with Crippen LogP contribution in [-0.4, -0.2) is 61.7 Å². The lowest BCUT2D eigenvalue weighted by atomic mass is 10.2. The second kappa shape index (κ2) is 6.87. The molecule has 3 heterocycles. The molecule has 4 rings (SSSR count). The number of piperazine rings is 1. The van der Waals surface area contributed by atoms with E-state index in [1.807, 2.05) is 6.07 Å². The predicted molar refractivity (Wildman–Crippen MR) is 91.5 cm³/mol. The van der Waals surface area contributed by atoms with Gasteiger partial charge in [0.05, 0.1) is 0 Å². The summed E-state index contributed by atoms with van der Waals surface area (Å²) in [6.45, 7) is 2.44. The maximum atomic E-state index is 13.0. The minimum Gasteiger partial charge on any atom is -0.353 e. The third-order valence-electron chi connectivity index (χ3n) is 4.27. The Labute approximate surface area is 148 Å². The Morgan fingerprint density at radius 2 is 1.69 bits per heavy atom. The van der Waals surface area contributed by atoms with Crippen molar-refractivity contribution in [2.24, 2.45) is 0 Å². The van der Waals surface area contributed by atoms with Crippen molar-refractivity contribution in [2.45, 2.75) is 0 Å². The molecule has 1 amide bonds. The van der Waals surface area contributed by atoms with Gasteiger partial charge in [0.15, 0.2) is 5.82 Å². The summed E-state index contributed by atoms with van der Waals surface area (Å²) in [6, 6.07) is 7.47. The van der Waals surface area contributed by atoms with Crippen molar-refractivity contribution in [1.29, 1.82) is 0 Å². The summed E-state index contributed by atoms with van der Waals surface area (Å²) in [4.78, 5) is 28.8. The van der Waals surface area contributed by atoms with Gasteiger partial charge in [-0.1, -0.05) is 0 Å². The minimum atomic E-state index is -0.349. The van der Waals surface area contributed by atoms with E-state index in [1.165, 1.54) is 36.9 Å². The third-order valence-corrected chi connectivity index (χ3v) is 4.27. The Morgan fingerprint density at radius 3 is 2.38 bits per heavy atom. The zero-order valence-corrected chi connectivity index (χ0v) is 13.9. The third kappa shape index (κ3) is 3.23. The number of hydrogen-bond donors (Lipinski definition) is 0. The second-order valence-corrected chi connectivity index (χ2v) is 5.86. The molecule has 1 aliphatic rings. The molecule has 9 heteroatoms. The van der Waals surface area contributed by atoms with Gasteiger partial charge in [-0.2, -0.15) is 5.10 Å². The SMILES string of the molecule is O=C(c1ccc(F)cc1)N1CCN(c2cc(-n3cncn3)ncn2)CC1. The average molecular weight is 353 g/mol. The number of anilines is 1. The molecule has 26 heavy (non-hydrogen) atoms. The molecule has 3 aromatic rings. The smallest absolute Gasteiger partial charge is 0.253 e. The molecule has 2 aromatic heterocycles. The molecule has 0 bridgehead atoms. The van der Waals surface area contributed by atoms with E-state index in [1.54, 1.807) is 15.9 Å². The quantitative estimate of drug-likeness (QED) is 0.703. The van der Waals surface area contributed by atoms with E-state index in [-0.39, 0.29) is 11.7 Å². The topological polar surface area (TPSA) is 80.0 Å². The van der Waals surface area contributed by atoms with Crippen LogP contribution < -0.4 is 4.90 Å². The zero-order valence-electron chi connectivity index (χ0n) is 13.9. The zero-order chi connectivity index (χ0) is 17.9. The van der Waals surface area contributed by atoms with E-state index in [0.29, 0.717) is 37.6 Å². The first-order valence-electron chi connectivity index (χ1n) is 8.17. The van der Waals surface area contributed by atoms with Crippen LogP contribution >= 0.6 is 0 Å². The average Bonchev–Trinajstić information content (AvgIpc) is 3.23. The highest BCUT2D eigenvalue weighted by atomic mass is 19.1. The molecule has 1 aromatic carbocycles. The van der Waals surface area contributed by atoms with E-state index >= 15 is 0 Å². The van der Waals surface area contributed by atoms with Crippen molar-refractivity contribution in [3.05, 3.63) is 60.7 Å². The number of carbonyl (C=O) groups is 1. The van der Waals surface area contributed by atoms with E-state index in [0.717, 1.165) is 5.82 Å². The first kappa shape index (κ1) is 16.1. The molecule has 1 saturated heterocycles. The minimum absolute atomic E-state index is 0.0874. The highest BCUT2D eigenvalue weighted by Crippen LogP contribution is 2.17. The molecule has 0 atom stereocenters. The molecule has 1 fully saturated rings. The Morgan fingerprint density at radius 1 is 0.962 bits per heavy atom. The number of rotatable bonds is 3. The van der Waals surface area contributed by atoms with Gasteiger partial charge in [0.2, 0.25) is 0 Å². The Balaban J connectivity index is 1.43. The number of benzene rings is 1. The summed E-state index contributed by atoms with van der Waals surface area (Å²) in [5.74, 6) is 0.977. The van der Waals surface area contributed by atoms with Crippen LogP contribution in [-0.2, 0) is 0 Å². The molecule has 132 valence electrons. The summed E-state index contributed by atoms with van der Waals surface area (Å²) in [6.07, 6.45) is 4.51. The first-order valence-corrected chi connectivity index (χ1v) is 8.17. The lowest BCUT2D eigenvalue weighted by Crippen LogP contribution is -2.49. The van der Waals surface area contributed by atoms with Gasteiger partial charge in [-0.3, -0.25) is 4.79 Å². The van der Waals surface area contributed by atoms with Gasteiger partial charge in [-0.25, -0.2) is 24.0 Å². The number of carbonyl (C=O) groups excluding carboxylic acids is 1. The summed E-state index contributed by atoms with van der Waals surface area (Å²) < 4.78 is 14.6. The van der Waals surface area contributed by atoms with E-state index < -0.39 is 0 Å². The maximum absolute atomic E-state index is 13.0. The Hall–Kier alpha value is -3.36. The number of amides is 1. The highest BCUT2D eigenvalue weighted by molar-refractivity contribution is 5.94. The second-order valence-electron chi connectivity index (χ2n) is 5.86. The van der Waals surface area contributed by atoms with Gasteiger partial charge >= 0.3 is 0 Å². The fraction of sp³-hybridized carbons (Fsp3) is 0.235. The normalized spacial score (nSPS) is 14.5. The standard InChI is InChI=1S/C17H16FN7O/c18-14-3-1-13(2-4-14)17(26)24-7-5-23(6-8-24)15-9-16(21-11-20-15)25-12-19-10-22-25/h1-4,9-12H,5-8H2. The number of nitrogens with zero attached hydrogens (tertiary/aromatic N) is 7. The van der Waals surface area contributed by atoms with Crippen molar-refractivity contribution in [3.8, 4) is 5.82 Å². The van der Waals surface area contributed by atoms with Gasteiger partial charge in [-0.15, -0.1) is 0 Å². The summed E-state index contributed by atoms with van der Waals surface area (Å²) in [5, 5.41) is 4.06. The summed E-state index contributed by atoms with van der Waals surface area (Å²) in [7, 11) is 0. The molecule has 0 unspecified atom stereocenters. The van der Waals surface area contributed by atoms with Crippen LogP contribution in [0.2, 0.25) is 0 Å². The summed E-state index contributed by atoms with van der Waals surface area (Å²) in [5.41, 5.74) is 0.496. The highest BCUT2D eigenvalue weighted by Gasteiger charge is 2.23. The monoisotopic (exact) mass is 353 g/mol. The van der Waals surface area contributed by atoms with Crippen LogP contribution in [0, 0.1) is 5.82 Å². The van der Waals surface area contributed by atoms with Crippen molar-refractivity contribution >= 4 is 11.7 Å². The van der Waals surface area contributed by atoms with Crippen LogP contribution in [0.5, 0.6) is 0 Å². The summed E-state index contributed by atoms with van der Waals surface area (Å²) >= 11 is 0. The van der Waals surface area contributed by atoms with Gasteiger partial charge in [0.1, 0.15) is 30.6 Å². The molecule has 0 radical (unpaired) electrons. The lowest BCUT2D eigenvalue weighted by molar-refractivity contribution is 0.0746. The molecule has 0 N–H and O–H groups in total. The molecule has 0 aliphatic carbocycles. The van der Waals surface area contributed by atoms with Crippen LogP contribution in [0.4, 0.5) is 10.2 Å². The molecule has 0 spiro atoms. The number of aromatic nitrogens is 5. The van der Waals surface area contributed by atoms with Crippen molar-refractivity contribution in [3.63, 3.8) is 0 Å². The van der Waals surface area contributed by atoms with Gasteiger partial charge in [0, 0.05) is 37.8 Å². The molecule has 1 aliphatic heterocycles. The van der Waals surface area contributed by atoms with E-state index in [4.69, 9.17) is 0 Å². The first-order chi connectivity index (χ1) is 12.7. The molecular weight excluding hydrogens is 337 g/mol. The fourth-order valence-electron chi connectivity index (χ4n) is 2.88. The lowest BCUT2D eigenvalue weighted by Gasteiger charge is -2.35. The van der Waals surface area contributed by atoms with E-state index in [2.05, 4.69) is 25.0 Å².